The van der Waals surface area contributed by atoms with E-state index in [0.717, 1.165) is 43.9 Å². The van der Waals surface area contributed by atoms with Gasteiger partial charge >= 0.3 is 0 Å². The predicted molar refractivity (Wildman–Crippen MR) is 95.4 cm³/mol. The van der Waals surface area contributed by atoms with Crippen molar-refractivity contribution in [3.05, 3.63) is 46.7 Å². The van der Waals surface area contributed by atoms with Crippen LogP contribution in [-0.2, 0) is 11.3 Å². The number of pyridine rings is 1. The van der Waals surface area contributed by atoms with Crippen LogP contribution in [0.2, 0.25) is 0 Å². The number of carbonyl (C=O) groups is 1. The Morgan fingerprint density at radius 2 is 2.44 bits per heavy atom. The zero-order valence-electron chi connectivity index (χ0n) is 14.1. The van der Waals surface area contributed by atoms with Crippen LogP contribution in [0.15, 0.2) is 36.1 Å². The number of nitrogens with zero attached hydrogens (tertiary/aromatic N) is 3. The van der Waals surface area contributed by atoms with E-state index in [-0.39, 0.29) is 17.6 Å². The zero-order valence-corrected chi connectivity index (χ0v) is 14.9. The van der Waals surface area contributed by atoms with Crippen LogP contribution in [0.1, 0.15) is 34.6 Å². The summed E-state index contributed by atoms with van der Waals surface area (Å²) in [6.45, 7) is 3.51. The van der Waals surface area contributed by atoms with Crippen molar-refractivity contribution in [3.8, 4) is 0 Å². The minimum absolute atomic E-state index is 0.0483. The number of amides is 1. The van der Waals surface area contributed by atoms with Gasteiger partial charge in [0.1, 0.15) is 5.01 Å². The summed E-state index contributed by atoms with van der Waals surface area (Å²) in [6.07, 6.45) is 7.88. The first kappa shape index (κ1) is 16.6. The maximum Gasteiger partial charge on any atom is 0.253 e. The fourth-order valence-corrected chi connectivity index (χ4v) is 4.44. The molecule has 0 saturated carbocycles. The fourth-order valence-electron chi connectivity index (χ4n) is 3.79. The normalized spacial score (nSPS) is 26.8. The van der Waals surface area contributed by atoms with Crippen LogP contribution in [0, 0.1) is 0 Å². The minimum atomic E-state index is -0.137. The lowest BCUT2D eigenvalue weighted by Crippen LogP contribution is -2.49. The molecule has 132 valence electrons. The molecular weight excluding hydrogens is 336 g/mol. The highest BCUT2D eigenvalue weighted by molar-refractivity contribution is 7.09. The molecule has 2 saturated heterocycles. The molecule has 2 aromatic rings. The standard InChI is InChI=1S/C18H22N4O2S/c23-17(14-2-1-5-19-11-14)21-15-3-8-24-18(10-15)4-7-22(13-18)12-16-20-6-9-25-16/h1-2,5-6,9,11,15H,3-4,7-8,10,12-13H2,(H,21,23)/t15-,18-/m0/s1. The topological polar surface area (TPSA) is 67.3 Å². The molecule has 0 bridgehead atoms. The molecule has 7 heteroatoms. The first-order chi connectivity index (χ1) is 12.2. The Kier molecular flexibility index (Phi) is 4.78. The van der Waals surface area contributed by atoms with Gasteiger partial charge in [0.15, 0.2) is 0 Å². The van der Waals surface area contributed by atoms with Gasteiger partial charge in [-0.25, -0.2) is 4.98 Å². The van der Waals surface area contributed by atoms with E-state index in [1.807, 2.05) is 11.6 Å². The summed E-state index contributed by atoms with van der Waals surface area (Å²) in [6, 6.07) is 3.73. The van der Waals surface area contributed by atoms with Crippen molar-refractivity contribution < 1.29 is 9.53 Å². The van der Waals surface area contributed by atoms with E-state index in [9.17, 15) is 4.79 Å². The van der Waals surface area contributed by atoms with Crippen LogP contribution in [-0.4, -0.2) is 52.1 Å². The largest absolute Gasteiger partial charge is 0.373 e. The molecule has 0 radical (unpaired) electrons. The van der Waals surface area contributed by atoms with Crippen molar-refractivity contribution in [1.29, 1.82) is 0 Å². The Hall–Kier alpha value is -1.83. The lowest BCUT2D eigenvalue weighted by atomic mass is 9.89. The van der Waals surface area contributed by atoms with Crippen LogP contribution in [0.5, 0.6) is 0 Å². The van der Waals surface area contributed by atoms with Crippen LogP contribution in [0.3, 0.4) is 0 Å². The molecule has 1 amide bonds. The second-order valence-corrected chi connectivity index (χ2v) is 7.80. The smallest absolute Gasteiger partial charge is 0.253 e. The highest BCUT2D eigenvalue weighted by atomic mass is 32.1. The molecule has 6 nitrogen and oxygen atoms in total. The summed E-state index contributed by atoms with van der Waals surface area (Å²) >= 11 is 1.69. The predicted octanol–water partition coefficient (Wildman–Crippen LogP) is 2.09. The molecule has 4 heterocycles. The van der Waals surface area contributed by atoms with Gasteiger partial charge in [-0.1, -0.05) is 0 Å². The number of thiazole rings is 1. The number of aromatic nitrogens is 2. The molecule has 1 spiro atoms. The Morgan fingerprint density at radius 1 is 1.48 bits per heavy atom. The summed E-state index contributed by atoms with van der Waals surface area (Å²) in [5, 5.41) is 6.32. The number of rotatable bonds is 4. The van der Waals surface area contributed by atoms with Crippen LogP contribution < -0.4 is 5.32 Å². The number of carbonyl (C=O) groups excluding carboxylic acids is 1. The van der Waals surface area contributed by atoms with Gasteiger partial charge < -0.3 is 10.1 Å². The molecule has 0 aliphatic carbocycles. The molecule has 2 aliphatic rings. The number of nitrogens with one attached hydrogen (secondary N) is 1. The van der Waals surface area contributed by atoms with Gasteiger partial charge in [-0.3, -0.25) is 14.7 Å². The van der Waals surface area contributed by atoms with E-state index in [1.165, 1.54) is 0 Å². The maximum atomic E-state index is 12.4. The van der Waals surface area contributed by atoms with E-state index < -0.39 is 0 Å². The molecule has 4 rings (SSSR count). The maximum absolute atomic E-state index is 12.4. The van der Waals surface area contributed by atoms with Gasteiger partial charge in [0.2, 0.25) is 0 Å². The van der Waals surface area contributed by atoms with Crippen LogP contribution >= 0.6 is 11.3 Å². The van der Waals surface area contributed by atoms with E-state index >= 15 is 0 Å². The van der Waals surface area contributed by atoms with E-state index in [0.29, 0.717) is 12.2 Å². The van der Waals surface area contributed by atoms with Crippen molar-refractivity contribution >= 4 is 17.2 Å². The van der Waals surface area contributed by atoms with Gasteiger partial charge in [-0.2, -0.15) is 0 Å². The van der Waals surface area contributed by atoms with E-state index in [1.54, 1.807) is 35.9 Å². The van der Waals surface area contributed by atoms with Crippen molar-refractivity contribution in [3.63, 3.8) is 0 Å². The second kappa shape index (κ2) is 7.19. The fraction of sp³-hybridized carbons (Fsp3) is 0.500. The third-order valence-electron chi connectivity index (χ3n) is 4.99. The lowest BCUT2D eigenvalue weighted by molar-refractivity contribution is -0.0793. The minimum Gasteiger partial charge on any atom is -0.373 e. The quantitative estimate of drug-likeness (QED) is 0.906. The highest BCUT2D eigenvalue weighted by Crippen LogP contribution is 2.35. The molecule has 0 aromatic carbocycles. The monoisotopic (exact) mass is 358 g/mol. The van der Waals surface area contributed by atoms with Crippen molar-refractivity contribution in [1.82, 2.24) is 20.2 Å². The molecule has 1 N–H and O–H groups in total. The SMILES string of the molecule is O=C(N[C@H]1CCO[C@@]2(CCN(Cc3nccs3)C2)C1)c1cccnc1. The number of likely N-dealkylation sites (tertiary alicyclic amines) is 1. The number of hydrogen-bond donors (Lipinski definition) is 1. The highest BCUT2D eigenvalue weighted by Gasteiger charge is 2.43. The molecule has 2 atom stereocenters. The average molecular weight is 358 g/mol. The first-order valence-corrected chi connectivity index (χ1v) is 9.56. The molecular formula is C18H22N4O2S. The number of hydrogen-bond acceptors (Lipinski definition) is 6. The van der Waals surface area contributed by atoms with Gasteiger partial charge in [-0.05, 0) is 31.4 Å². The van der Waals surface area contributed by atoms with Gasteiger partial charge in [0.05, 0.1) is 17.7 Å². The molecule has 0 unspecified atom stereocenters. The first-order valence-electron chi connectivity index (χ1n) is 8.68. The number of ether oxygens (including phenoxy) is 1. The lowest BCUT2D eigenvalue weighted by Gasteiger charge is -2.38. The van der Waals surface area contributed by atoms with Crippen molar-refractivity contribution in [2.24, 2.45) is 0 Å². The van der Waals surface area contributed by atoms with Crippen LogP contribution in [0.4, 0.5) is 0 Å². The Morgan fingerprint density at radius 3 is 3.24 bits per heavy atom. The molecule has 2 aliphatic heterocycles. The zero-order chi connectivity index (χ0) is 17.1. The summed E-state index contributed by atoms with van der Waals surface area (Å²) in [4.78, 5) is 23.2. The molecule has 2 aromatic heterocycles. The summed E-state index contributed by atoms with van der Waals surface area (Å²) in [5.41, 5.74) is 0.474. The van der Waals surface area contributed by atoms with Crippen LogP contribution in [0.25, 0.3) is 0 Å². The third kappa shape index (κ3) is 3.89. The Labute approximate surface area is 151 Å². The molecule has 2 fully saturated rings. The van der Waals surface area contributed by atoms with E-state index in [2.05, 4.69) is 20.2 Å². The molecule has 25 heavy (non-hydrogen) atoms. The van der Waals surface area contributed by atoms with Gasteiger partial charge in [0.25, 0.3) is 5.91 Å². The Bertz CT molecular complexity index is 709. The third-order valence-corrected chi connectivity index (χ3v) is 5.75. The summed E-state index contributed by atoms with van der Waals surface area (Å²) in [7, 11) is 0. The van der Waals surface area contributed by atoms with E-state index in [4.69, 9.17) is 4.74 Å². The van der Waals surface area contributed by atoms with Crippen molar-refractivity contribution in [2.45, 2.75) is 37.5 Å². The van der Waals surface area contributed by atoms with Crippen molar-refractivity contribution in [2.75, 3.05) is 19.7 Å². The summed E-state index contributed by atoms with van der Waals surface area (Å²) < 4.78 is 6.17. The average Bonchev–Trinajstić information content (AvgIpc) is 3.27. The second-order valence-electron chi connectivity index (χ2n) is 6.82. The Balaban J connectivity index is 1.35. The van der Waals surface area contributed by atoms with Gasteiger partial charge in [0, 0.05) is 49.7 Å². The van der Waals surface area contributed by atoms with Gasteiger partial charge in [-0.15, -0.1) is 11.3 Å². The summed E-state index contributed by atoms with van der Waals surface area (Å²) in [5.74, 6) is -0.0483.